The number of rotatable bonds is 3. The van der Waals surface area contributed by atoms with E-state index in [4.69, 9.17) is 4.98 Å². The molecular formula is C22H17NS. The smallest absolute Gasteiger partial charge is 0.124 e. The molecule has 1 aromatic heterocycles. The summed E-state index contributed by atoms with van der Waals surface area (Å²) in [6.45, 7) is 2.15. The fourth-order valence-corrected chi connectivity index (χ4v) is 3.83. The molecule has 0 amide bonds. The van der Waals surface area contributed by atoms with Crippen molar-refractivity contribution in [1.82, 2.24) is 4.98 Å². The van der Waals surface area contributed by atoms with E-state index in [0.29, 0.717) is 0 Å². The lowest BCUT2D eigenvalue weighted by molar-refractivity contribution is 1.41. The first-order valence-electron chi connectivity index (χ1n) is 7.99. The molecular weight excluding hydrogens is 310 g/mol. The summed E-state index contributed by atoms with van der Waals surface area (Å²) in [5.41, 5.74) is 5.97. The second kappa shape index (κ2) is 6.42. The fraction of sp³-hybridized carbons (Fsp3) is 0.0455. The summed E-state index contributed by atoms with van der Waals surface area (Å²) in [5.74, 6) is 0. The lowest BCUT2D eigenvalue weighted by Gasteiger charge is -2.04. The highest BCUT2D eigenvalue weighted by atomic mass is 32.1. The maximum atomic E-state index is 4.77. The van der Waals surface area contributed by atoms with Gasteiger partial charge in [0.25, 0.3) is 0 Å². The van der Waals surface area contributed by atoms with Gasteiger partial charge in [0, 0.05) is 5.56 Å². The van der Waals surface area contributed by atoms with E-state index in [2.05, 4.69) is 79.7 Å². The predicted molar refractivity (Wildman–Crippen MR) is 105 cm³/mol. The molecule has 4 aromatic rings. The molecule has 3 aromatic carbocycles. The van der Waals surface area contributed by atoms with Crippen LogP contribution < -0.4 is 0 Å². The van der Waals surface area contributed by atoms with E-state index in [1.165, 1.54) is 27.0 Å². The summed E-state index contributed by atoms with van der Waals surface area (Å²) in [7, 11) is 0. The summed E-state index contributed by atoms with van der Waals surface area (Å²) in [6.07, 6.45) is 4.30. The Morgan fingerprint density at radius 3 is 2.33 bits per heavy atom. The minimum absolute atomic E-state index is 1.07. The maximum Gasteiger partial charge on any atom is 0.124 e. The number of fused-ring (bicyclic) bond motifs is 1. The number of aromatic nitrogens is 1. The van der Waals surface area contributed by atoms with Crippen molar-refractivity contribution in [3.05, 3.63) is 89.5 Å². The Balaban J connectivity index is 1.65. The molecule has 0 bridgehead atoms. The van der Waals surface area contributed by atoms with Crippen LogP contribution >= 0.6 is 11.3 Å². The van der Waals surface area contributed by atoms with E-state index in [9.17, 15) is 0 Å². The molecule has 0 atom stereocenters. The Morgan fingerprint density at radius 2 is 1.54 bits per heavy atom. The molecule has 1 heterocycles. The molecule has 0 saturated carbocycles. The average Bonchev–Trinajstić information content (AvgIpc) is 3.04. The number of benzene rings is 3. The Morgan fingerprint density at radius 1 is 0.792 bits per heavy atom. The molecule has 0 spiro atoms. The average molecular weight is 327 g/mol. The largest absolute Gasteiger partial charge is 0.236 e. The van der Waals surface area contributed by atoms with E-state index >= 15 is 0 Å². The Hall–Kier alpha value is -2.71. The normalized spacial score (nSPS) is 11.4. The van der Waals surface area contributed by atoms with Gasteiger partial charge < -0.3 is 0 Å². The number of nitrogens with zero attached hydrogens (tertiary/aromatic N) is 1. The van der Waals surface area contributed by atoms with E-state index in [0.717, 1.165) is 10.5 Å². The van der Waals surface area contributed by atoms with Crippen LogP contribution in [0.15, 0.2) is 72.8 Å². The third kappa shape index (κ3) is 3.01. The summed E-state index contributed by atoms with van der Waals surface area (Å²) in [5, 5.41) is 1.09. The van der Waals surface area contributed by atoms with Gasteiger partial charge in [-0.25, -0.2) is 4.98 Å². The molecule has 2 heteroatoms. The van der Waals surface area contributed by atoms with Crippen LogP contribution in [0, 0.1) is 6.92 Å². The molecule has 0 fully saturated rings. The highest BCUT2D eigenvalue weighted by Crippen LogP contribution is 2.32. The number of para-hydroxylation sites is 1. The summed E-state index contributed by atoms with van der Waals surface area (Å²) in [6, 6.07) is 25.2. The summed E-state index contributed by atoms with van der Waals surface area (Å²) >= 11 is 1.75. The molecule has 1 nitrogen and oxygen atoms in total. The molecule has 0 radical (unpaired) electrons. The van der Waals surface area contributed by atoms with Gasteiger partial charge in [0.15, 0.2) is 0 Å². The fourth-order valence-electron chi connectivity index (χ4n) is 2.77. The zero-order chi connectivity index (χ0) is 16.4. The van der Waals surface area contributed by atoms with Gasteiger partial charge in [0.2, 0.25) is 0 Å². The molecule has 0 N–H and O–H groups in total. The summed E-state index contributed by atoms with van der Waals surface area (Å²) < 4.78 is 1.24. The van der Waals surface area contributed by atoms with Gasteiger partial charge in [-0.2, -0.15) is 0 Å². The van der Waals surface area contributed by atoms with Crippen molar-refractivity contribution >= 4 is 33.7 Å². The minimum atomic E-state index is 1.07. The van der Waals surface area contributed by atoms with Crippen LogP contribution in [0.3, 0.4) is 0 Å². The molecule has 0 aliphatic carbocycles. The second-order valence-corrected chi connectivity index (χ2v) is 6.84. The zero-order valence-corrected chi connectivity index (χ0v) is 14.3. The third-order valence-electron chi connectivity index (χ3n) is 4.04. The number of hydrogen-bond acceptors (Lipinski definition) is 2. The molecule has 0 unspecified atom stereocenters. The molecule has 0 aliphatic rings. The Labute approximate surface area is 145 Å². The van der Waals surface area contributed by atoms with Crippen molar-refractivity contribution in [2.75, 3.05) is 0 Å². The minimum Gasteiger partial charge on any atom is -0.236 e. The van der Waals surface area contributed by atoms with Gasteiger partial charge in [0.05, 0.1) is 10.2 Å². The quantitative estimate of drug-likeness (QED) is 0.394. The van der Waals surface area contributed by atoms with Gasteiger partial charge in [-0.3, -0.25) is 0 Å². The molecule has 4 rings (SSSR count). The van der Waals surface area contributed by atoms with E-state index < -0.39 is 0 Å². The topological polar surface area (TPSA) is 12.9 Å². The highest BCUT2D eigenvalue weighted by Gasteiger charge is 2.08. The lowest BCUT2D eigenvalue weighted by atomic mass is 10.0. The van der Waals surface area contributed by atoms with Crippen molar-refractivity contribution < 1.29 is 0 Å². The maximum absolute atomic E-state index is 4.77. The first-order chi connectivity index (χ1) is 11.8. The van der Waals surface area contributed by atoms with Crippen molar-refractivity contribution in [2.24, 2.45) is 0 Å². The third-order valence-corrected chi connectivity index (χ3v) is 5.11. The standard InChI is InChI=1S/C22H17NS/c1-16-15-18(12-11-17-7-3-2-4-8-17)13-14-19(16)22-23-20-9-5-6-10-21(20)24-22/h2-15H,1H3. The van der Waals surface area contributed by atoms with Crippen LogP contribution in [0.4, 0.5) is 0 Å². The number of hydrogen-bond donors (Lipinski definition) is 0. The number of aryl methyl sites for hydroxylation is 1. The monoisotopic (exact) mass is 327 g/mol. The van der Waals surface area contributed by atoms with Crippen LogP contribution in [-0.2, 0) is 0 Å². The number of thiazole rings is 1. The van der Waals surface area contributed by atoms with Gasteiger partial charge in [-0.1, -0.05) is 72.8 Å². The van der Waals surface area contributed by atoms with Gasteiger partial charge >= 0.3 is 0 Å². The van der Waals surface area contributed by atoms with E-state index in [1.807, 2.05) is 12.1 Å². The first kappa shape index (κ1) is 14.9. The second-order valence-electron chi connectivity index (χ2n) is 5.81. The van der Waals surface area contributed by atoms with Crippen molar-refractivity contribution in [2.45, 2.75) is 6.92 Å². The van der Waals surface area contributed by atoms with Crippen LogP contribution in [0.1, 0.15) is 16.7 Å². The molecule has 24 heavy (non-hydrogen) atoms. The van der Waals surface area contributed by atoms with Crippen LogP contribution in [0.2, 0.25) is 0 Å². The van der Waals surface area contributed by atoms with E-state index in [-0.39, 0.29) is 0 Å². The van der Waals surface area contributed by atoms with Crippen molar-refractivity contribution in [1.29, 1.82) is 0 Å². The van der Waals surface area contributed by atoms with Crippen molar-refractivity contribution in [3.8, 4) is 10.6 Å². The van der Waals surface area contributed by atoms with E-state index in [1.54, 1.807) is 11.3 Å². The van der Waals surface area contributed by atoms with Crippen LogP contribution in [-0.4, -0.2) is 4.98 Å². The van der Waals surface area contributed by atoms with Crippen LogP contribution in [0.25, 0.3) is 32.9 Å². The van der Waals surface area contributed by atoms with Gasteiger partial charge in [0.1, 0.15) is 5.01 Å². The van der Waals surface area contributed by atoms with Gasteiger partial charge in [-0.05, 0) is 35.7 Å². The summed E-state index contributed by atoms with van der Waals surface area (Å²) in [4.78, 5) is 4.77. The molecule has 0 saturated heterocycles. The van der Waals surface area contributed by atoms with Gasteiger partial charge in [-0.15, -0.1) is 11.3 Å². The first-order valence-corrected chi connectivity index (χ1v) is 8.81. The predicted octanol–water partition coefficient (Wildman–Crippen LogP) is 6.44. The highest BCUT2D eigenvalue weighted by molar-refractivity contribution is 7.21. The zero-order valence-electron chi connectivity index (χ0n) is 13.4. The lowest BCUT2D eigenvalue weighted by Crippen LogP contribution is -1.84. The Bertz CT molecular complexity index is 980. The molecule has 116 valence electrons. The van der Waals surface area contributed by atoms with Crippen molar-refractivity contribution in [3.63, 3.8) is 0 Å². The molecule has 0 aliphatic heterocycles. The SMILES string of the molecule is Cc1cc(C=Cc2ccccc2)ccc1-c1nc2ccccc2s1. The van der Waals surface area contributed by atoms with Crippen LogP contribution in [0.5, 0.6) is 0 Å². The Kier molecular flexibility index (Phi) is 3.97.